The number of benzene rings is 1. The van der Waals surface area contributed by atoms with Crippen molar-refractivity contribution in [1.29, 1.82) is 0 Å². The van der Waals surface area contributed by atoms with Crippen LogP contribution in [0.1, 0.15) is 44.1 Å². The summed E-state index contributed by atoms with van der Waals surface area (Å²) >= 11 is 0. The highest BCUT2D eigenvalue weighted by molar-refractivity contribution is 5.79. The van der Waals surface area contributed by atoms with Crippen LogP contribution in [0.15, 0.2) is 30.3 Å². The highest BCUT2D eigenvalue weighted by atomic mass is 16.3. The number of hydrogen-bond acceptors (Lipinski definition) is 4. The zero-order valence-corrected chi connectivity index (χ0v) is 17.5. The molecular weight excluding hydrogens is 364 g/mol. The fourth-order valence-electron chi connectivity index (χ4n) is 5.90. The van der Waals surface area contributed by atoms with Crippen molar-refractivity contribution < 1.29 is 15.0 Å². The normalized spacial score (nSPS) is 32.5. The maximum atomic E-state index is 13.2. The number of hydrogen-bond donors (Lipinski definition) is 2. The zero-order chi connectivity index (χ0) is 20.3. The van der Waals surface area contributed by atoms with Crippen LogP contribution in [0.3, 0.4) is 0 Å². The molecule has 29 heavy (non-hydrogen) atoms. The molecule has 160 valence electrons. The van der Waals surface area contributed by atoms with E-state index >= 15 is 0 Å². The molecule has 0 spiro atoms. The Morgan fingerprint density at radius 2 is 1.83 bits per heavy atom. The molecule has 2 heterocycles. The molecule has 1 saturated carbocycles. The SMILES string of the molecule is O=C(C1CCC(O)CC1)N1CC2CN(CCCO)CC2(CCc2ccccc2)C1. The van der Waals surface area contributed by atoms with Gasteiger partial charge in [0.25, 0.3) is 0 Å². The first kappa shape index (κ1) is 20.8. The summed E-state index contributed by atoms with van der Waals surface area (Å²) in [5.41, 5.74) is 1.55. The lowest BCUT2D eigenvalue weighted by molar-refractivity contribution is -0.136. The van der Waals surface area contributed by atoms with E-state index in [1.54, 1.807) is 0 Å². The molecule has 3 fully saturated rings. The molecule has 1 aliphatic carbocycles. The molecule has 0 radical (unpaired) electrons. The van der Waals surface area contributed by atoms with E-state index in [4.69, 9.17) is 0 Å². The summed E-state index contributed by atoms with van der Waals surface area (Å²) in [6.07, 6.45) is 5.99. The van der Waals surface area contributed by atoms with Crippen LogP contribution >= 0.6 is 0 Å². The van der Waals surface area contributed by atoms with E-state index < -0.39 is 0 Å². The van der Waals surface area contributed by atoms with Crippen molar-refractivity contribution in [3.05, 3.63) is 35.9 Å². The Balaban J connectivity index is 1.43. The van der Waals surface area contributed by atoms with Gasteiger partial charge >= 0.3 is 0 Å². The van der Waals surface area contributed by atoms with Gasteiger partial charge in [0.2, 0.25) is 5.91 Å². The van der Waals surface area contributed by atoms with E-state index in [0.29, 0.717) is 11.8 Å². The molecule has 3 aliphatic rings. The predicted octanol–water partition coefficient (Wildman–Crippen LogP) is 2.31. The fourth-order valence-corrected chi connectivity index (χ4v) is 5.90. The summed E-state index contributed by atoms with van der Waals surface area (Å²) in [5.74, 6) is 0.962. The number of carbonyl (C=O) groups excluding carboxylic acids is 1. The van der Waals surface area contributed by atoms with Crippen LogP contribution < -0.4 is 0 Å². The van der Waals surface area contributed by atoms with Gasteiger partial charge in [-0.25, -0.2) is 0 Å². The minimum absolute atomic E-state index is 0.105. The Morgan fingerprint density at radius 3 is 2.55 bits per heavy atom. The van der Waals surface area contributed by atoms with Gasteiger partial charge in [-0.3, -0.25) is 4.79 Å². The van der Waals surface area contributed by atoms with E-state index in [1.807, 2.05) is 0 Å². The Bertz CT molecular complexity index is 674. The lowest BCUT2D eigenvalue weighted by Gasteiger charge is -2.32. The van der Waals surface area contributed by atoms with Gasteiger partial charge in [-0.1, -0.05) is 30.3 Å². The summed E-state index contributed by atoms with van der Waals surface area (Å²) in [5, 5.41) is 19.0. The van der Waals surface area contributed by atoms with Crippen LogP contribution in [0.4, 0.5) is 0 Å². The number of rotatable bonds is 7. The van der Waals surface area contributed by atoms with Gasteiger partial charge < -0.3 is 20.0 Å². The van der Waals surface area contributed by atoms with E-state index in [1.165, 1.54) is 5.56 Å². The first-order chi connectivity index (χ1) is 14.1. The lowest BCUT2D eigenvalue weighted by Crippen LogP contribution is -2.41. The Kier molecular flexibility index (Phi) is 6.57. The maximum absolute atomic E-state index is 13.2. The summed E-state index contributed by atoms with van der Waals surface area (Å²) in [6, 6.07) is 10.7. The average molecular weight is 401 g/mol. The second-order valence-corrected chi connectivity index (χ2v) is 9.58. The second kappa shape index (κ2) is 9.15. The van der Waals surface area contributed by atoms with Crippen molar-refractivity contribution >= 4 is 5.91 Å². The summed E-state index contributed by atoms with van der Waals surface area (Å²) in [7, 11) is 0. The third-order valence-corrected chi connectivity index (χ3v) is 7.57. The minimum atomic E-state index is -0.214. The quantitative estimate of drug-likeness (QED) is 0.737. The van der Waals surface area contributed by atoms with Crippen LogP contribution in [-0.2, 0) is 11.2 Å². The Morgan fingerprint density at radius 1 is 1.07 bits per heavy atom. The second-order valence-electron chi connectivity index (χ2n) is 9.58. The summed E-state index contributed by atoms with van der Waals surface area (Å²) in [6.45, 7) is 5.03. The third kappa shape index (κ3) is 4.68. The molecule has 2 unspecified atom stereocenters. The highest BCUT2D eigenvalue weighted by Crippen LogP contribution is 2.46. The number of aryl methyl sites for hydroxylation is 1. The van der Waals surface area contributed by atoms with Crippen LogP contribution in [0, 0.1) is 17.3 Å². The lowest BCUT2D eigenvalue weighted by atomic mass is 9.76. The topological polar surface area (TPSA) is 64.0 Å². The maximum Gasteiger partial charge on any atom is 0.225 e. The predicted molar refractivity (Wildman–Crippen MR) is 113 cm³/mol. The monoisotopic (exact) mass is 400 g/mol. The van der Waals surface area contributed by atoms with Gasteiger partial charge in [0.1, 0.15) is 0 Å². The molecule has 2 atom stereocenters. The standard InChI is InChI=1S/C24H36N2O3/c27-14-4-13-25-15-21-16-26(23(29)20-7-9-22(28)10-8-20)18-24(21,17-25)12-11-19-5-2-1-3-6-19/h1-3,5-6,20-22,27-28H,4,7-18H2. The van der Waals surface area contributed by atoms with Crippen LogP contribution in [-0.4, -0.2) is 71.4 Å². The van der Waals surface area contributed by atoms with E-state index in [9.17, 15) is 15.0 Å². The summed E-state index contributed by atoms with van der Waals surface area (Å²) < 4.78 is 0. The van der Waals surface area contributed by atoms with Crippen molar-refractivity contribution in [2.24, 2.45) is 17.3 Å². The minimum Gasteiger partial charge on any atom is -0.396 e. The van der Waals surface area contributed by atoms with Crippen LogP contribution in [0.25, 0.3) is 0 Å². The van der Waals surface area contributed by atoms with Crippen molar-refractivity contribution in [2.45, 2.75) is 51.0 Å². The molecule has 1 amide bonds. The molecule has 2 N–H and O–H groups in total. The number of fused-ring (bicyclic) bond motifs is 1. The van der Waals surface area contributed by atoms with Gasteiger partial charge in [-0.05, 0) is 56.4 Å². The molecule has 2 saturated heterocycles. The van der Waals surface area contributed by atoms with Gasteiger partial charge in [0.05, 0.1) is 6.10 Å². The van der Waals surface area contributed by atoms with Gasteiger partial charge in [0.15, 0.2) is 0 Å². The first-order valence-electron chi connectivity index (χ1n) is 11.4. The van der Waals surface area contributed by atoms with Crippen LogP contribution in [0.5, 0.6) is 0 Å². The van der Waals surface area contributed by atoms with Crippen molar-refractivity contribution in [2.75, 3.05) is 39.3 Å². The zero-order valence-electron chi connectivity index (χ0n) is 17.5. The molecule has 1 aromatic rings. The number of carbonyl (C=O) groups is 1. The van der Waals surface area contributed by atoms with E-state index in [0.717, 1.165) is 77.7 Å². The van der Waals surface area contributed by atoms with Crippen molar-refractivity contribution in [1.82, 2.24) is 9.80 Å². The third-order valence-electron chi connectivity index (χ3n) is 7.57. The van der Waals surface area contributed by atoms with Crippen LogP contribution in [0.2, 0.25) is 0 Å². The molecular formula is C24H36N2O3. The number of aliphatic hydroxyl groups excluding tert-OH is 2. The number of nitrogens with zero attached hydrogens (tertiary/aromatic N) is 2. The first-order valence-corrected chi connectivity index (χ1v) is 11.4. The van der Waals surface area contributed by atoms with Crippen molar-refractivity contribution in [3.8, 4) is 0 Å². The smallest absolute Gasteiger partial charge is 0.225 e. The van der Waals surface area contributed by atoms with Gasteiger partial charge in [-0.2, -0.15) is 0 Å². The molecule has 4 rings (SSSR count). The number of likely N-dealkylation sites (tertiary alicyclic amines) is 2. The fraction of sp³-hybridized carbons (Fsp3) is 0.708. The van der Waals surface area contributed by atoms with Gasteiger partial charge in [-0.15, -0.1) is 0 Å². The van der Waals surface area contributed by atoms with E-state index in [2.05, 4.69) is 40.1 Å². The number of amides is 1. The summed E-state index contributed by atoms with van der Waals surface area (Å²) in [4.78, 5) is 17.9. The highest BCUT2D eigenvalue weighted by Gasteiger charge is 2.53. The number of aliphatic hydroxyl groups is 2. The Labute approximate surface area is 174 Å². The van der Waals surface area contributed by atoms with Crippen molar-refractivity contribution in [3.63, 3.8) is 0 Å². The largest absolute Gasteiger partial charge is 0.396 e. The molecule has 5 heteroatoms. The molecule has 0 aromatic heterocycles. The molecule has 0 bridgehead atoms. The average Bonchev–Trinajstić information content (AvgIpc) is 3.25. The Hall–Kier alpha value is -1.43. The molecule has 1 aromatic carbocycles. The molecule has 2 aliphatic heterocycles. The molecule has 5 nitrogen and oxygen atoms in total. The van der Waals surface area contributed by atoms with Gasteiger partial charge in [0, 0.05) is 50.7 Å². The van der Waals surface area contributed by atoms with E-state index in [-0.39, 0.29) is 24.0 Å².